The van der Waals surface area contributed by atoms with Crippen LogP contribution in [0.25, 0.3) is 0 Å². The first kappa shape index (κ1) is 9.06. The molecular weight excluding hydrogens is 176 g/mol. The lowest BCUT2D eigenvalue weighted by atomic mass is 10.2. The van der Waals surface area contributed by atoms with Gasteiger partial charge < -0.3 is 10.1 Å². The summed E-state index contributed by atoms with van der Waals surface area (Å²) in [6.45, 7) is 2.43. The van der Waals surface area contributed by atoms with Crippen molar-refractivity contribution >= 4 is 6.02 Å². The Bertz CT molecular complexity index is 308. The highest BCUT2D eigenvalue weighted by Gasteiger charge is 2.04. The van der Waals surface area contributed by atoms with E-state index in [1.807, 2.05) is 18.2 Å². The van der Waals surface area contributed by atoms with Crippen molar-refractivity contribution in [2.45, 2.75) is 13.0 Å². The van der Waals surface area contributed by atoms with E-state index in [0.29, 0.717) is 6.02 Å². The quantitative estimate of drug-likeness (QED) is 0.767. The van der Waals surface area contributed by atoms with Crippen molar-refractivity contribution in [3.05, 3.63) is 35.9 Å². The number of hydrogen-bond donors (Lipinski definition) is 1. The Morgan fingerprint density at radius 1 is 1.29 bits per heavy atom. The fourth-order valence-electron chi connectivity index (χ4n) is 1.34. The molecule has 74 valence electrons. The third-order valence-electron chi connectivity index (χ3n) is 2.08. The van der Waals surface area contributed by atoms with Crippen LogP contribution in [-0.4, -0.2) is 19.2 Å². The van der Waals surface area contributed by atoms with Crippen LogP contribution in [0.4, 0.5) is 0 Å². The molecule has 0 bridgehead atoms. The second-order valence-corrected chi connectivity index (χ2v) is 3.23. The van der Waals surface area contributed by atoms with Crippen LogP contribution in [0.3, 0.4) is 0 Å². The lowest BCUT2D eigenvalue weighted by molar-refractivity contribution is 0.267. The number of ether oxygens (including phenoxy) is 1. The van der Waals surface area contributed by atoms with Crippen molar-refractivity contribution in [1.29, 1.82) is 0 Å². The molecule has 2 rings (SSSR count). The van der Waals surface area contributed by atoms with Crippen LogP contribution in [0.2, 0.25) is 0 Å². The maximum Gasteiger partial charge on any atom is 0.284 e. The number of hydrogen-bond acceptors (Lipinski definition) is 3. The van der Waals surface area contributed by atoms with E-state index in [4.69, 9.17) is 4.74 Å². The summed E-state index contributed by atoms with van der Waals surface area (Å²) in [4.78, 5) is 4.23. The molecular formula is C11H14N2O. The molecule has 3 heteroatoms. The van der Waals surface area contributed by atoms with Gasteiger partial charge in [0.1, 0.15) is 0 Å². The van der Waals surface area contributed by atoms with Gasteiger partial charge in [-0.1, -0.05) is 30.3 Å². The molecule has 0 aliphatic carbocycles. The summed E-state index contributed by atoms with van der Waals surface area (Å²) in [5.74, 6) is 0. The molecule has 0 spiro atoms. The summed E-state index contributed by atoms with van der Waals surface area (Å²) in [5, 5.41) is 3.17. The topological polar surface area (TPSA) is 33.6 Å². The van der Waals surface area contributed by atoms with E-state index < -0.39 is 0 Å². The average Bonchev–Trinajstić information content (AvgIpc) is 2.29. The number of rotatable bonds is 2. The molecule has 0 unspecified atom stereocenters. The number of nitrogens with zero attached hydrogens (tertiary/aromatic N) is 1. The average molecular weight is 190 g/mol. The van der Waals surface area contributed by atoms with Crippen LogP contribution in [0.15, 0.2) is 35.3 Å². The van der Waals surface area contributed by atoms with E-state index in [1.54, 1.807) is 0 Å². The summed E-state index contributed by atoms with van der Waals surface area (Å²) < 4.78 is 5.34. The van der Waals surface area contributed by atoms with Gasteiger partial charge in [0.15, 0.2) is 0 Å². The van der Waals surface area contributed by atoms with Gasteiger partial charge in [0.25, 0.3) is 6.02 Å². The van der Waals surface area contributed by atoms with E-state index in [2.05, 4.69) is 22.4 Å². The molecule has 1 N–H and O–H groups in total. The van der Waals surface area contributed by atoms with E-state index in [1.165, 1.54) is 5.56 Å². The van der Waals surface area contributed by atoms with E-state index in [-0.39, 0.29) is 0 Å². The lowest BCUT2D eigenvalue weighted by Gasteiger charge is -2.14. The standard InChI is InChI=1S/C11H14N2O/c1-2-5-10(6-3-1)9-13-11-12-7-4-8-14-11/h1-3,5-6H,4,7-9H2,(H,12,13). The number of nitrogens with one attached hydrogen (secondary N) is 1. The fraction of sp³-hybridized carbons (Fsp3) is 0.364. The molecule has 0 amide bonds. The zero-order valence-corrected chi connectivity index (χ0v) is 8.07. The van der Waals surface area contributed by atoms with Crippen LogP contribution < -0.4 is 5.32 Å². The van der Waals surface area contributed by atoms with Gasteiger partial charge >= 0.3 is 0 Å². The SMILES string of the molecule is c1ccc(CNC2=NCCCO2)cc1. The molecule has 1 aromatic carbocycles. The first-order chi connectivity index (χ1) is 6.95. The van der Waals surface area contributed by atoms with Gasteiger partial charge in [-0.25, -0.2) is 4.99 Å². The van der Waals surface area contributed by atoms with Crippen LogP contribution >= 0.6 is 0 Å². The maximum absolute atomic E-state index is 5.34. The predicted octanol–water partition coefficient (Wildman–Crippen LogP) is 1.55. The maximum atomic E-state index is 5.34. The molecule has 14 heavy (non-hydrogen) atoms. The molecule has 0 atom stereocenters. The zero-order chi connectivity index (χ0) is 9.64. The molecule has 1 aliphatic heterocycles. The monoisotopic (exact) mass is 190 g/mol. The second kappa shape index (κ2) is 4.65. The van der Waals surface area contributed by atoms with Crippen LogP contribution in [0, 0.1) is 0 Å². The normalized spacial score (nSPS) is 15.6. The van der Waals surface area contributed by atoms with Gasteiger partial charge in [0, 0.05) is 19.5 Å². The van der Waals surface area contributed by atoms with Gasteiger partial charge in [-0.2, -0.15) is 0 Å². The highest BCUT2D eigenvalue weighted by Crippen LogP contribution is 1.99. The summed E-state index contributed by atoms with van der Waals surface area (Å²) >= 11 is 0. The first-order valence-electron chi connectivity index (χ1n) is 4.90. The highest BCUT2D eigenvalue weighted by molar-refractivity contribution is 5.73. The molecule has 0 aromatic heterocycles. The van der Waals surface area contributed by atoms with Crippen LogP contribution in [0.5, 0.6) is 0 Å². The van der Waals surface area contributed by atoms with Crippen LogP contribution in [-0.2, 0) is 11.3 Å². The zero-order valence-electron chi connectivity index (χ0n) is 8.07. The molecule has 1 aliphatic rings. The van der Waals surface area contributed by atoms with Crippen LogP contribution in [0.1, 0.15) is 12.0 Å². The smallest absolute Gasteiger partial charge is 0.284 e. The Labute approximate surface area is 83.8 Å². The van der Waals surface area contributed by atoms with E-state index in [0.717, 1.165) is 26.1 Å². The molecule has 3 nitrogen and oxygen atoms in total. The van der Waals surface area contributed by atoms with E-state index in [9.17, 15) is 0 Å². The Morgan fingerprint density at radius 2 is 2.14 bits per heavy atom. The van der Waals surface area contributed by atoms with Crippen molar-refractivity contribution in [2.75, 3.05) is 13.2 Å². The Balaban J connectivity index is 1.85. The second-order valence-electron chi connectivity index (χ2n) is 3.23. The lowest BCUT2D eigenvalue weighted by Crippen LogP contribution is -2.29. The molecule has 1 heterocycles. The van der Waals surface area contributed by atoms with Gasteiger partial charge in [0.2, 0.25) is 0 Å². The molecule has 0 saturated heterocycles. The third kappa shape index (κ3) is 2.49. The highest BCUT2D eigenvalue weighted by atomic mass is 16.5. The number of amidine groups is 1. The van der Waals surface area contributed by atoms with Crippen molar-refractivity contribution in [3.63, 3.8) is 0 Å². The predicted molar refractivity (Wildman–Crippen MR) is 56.2 cm³/mol. The Morgan fingerprint density at radius 3 is 2.86 bits per heavy atom. The van der Waals surface area contributed by atoms with Gasteiger partial charge in [-0.05, 0) is 5.56 Å². The van der Waals surface area contributed by atoms with Crippen molar-refractivity contribution in [3.8, 4) is 0 Å². The number of aliphatic imine (C=N–C) groups is 1. The first-order valence-corrected chi connectivity index (χ1v) is 4.90. The summed E-state index contributed by atoms with van der Waals surface area (Å²) in [6, 6.07) is 10.9. The Kier molecular flexibility index (Phi) is 3.01. The van der Waals surface area contributed by atoms with Crippen molar-refractivity contribution in [1.82, 2.24) is 5.32 Å². The minimum absolute atomic E-state index is 0.681. The minimum Gasteiger partial charge on any atom is -0.465 e. The molecule has 0 radical (unpaired) electrons. The van der Waals surface area contributed by atoms with Gasteiger partial charge in [0.05, 0.1) is 6.61 Å². The Hall–Kier alpha value is -1.51. The third-order valence-corrected chi connectivity index (χ3v) is 2.08. The van der Waals surface area contributed by atoms with Gasteiger partial charge in [-0.3, -0.25) is 0 Å². The summed E-state index contributed by atoms with van der Waals surface area (Å²) in [5.41, 5.74) is 1.24. The van der Waals surface area contributed by atoms with Gasteiger partial charge in [-0.15, -0.1) is 0 Å². The molecule has 0 fully saturated rings. The fourth-order valence-corrected chi connectivity index (χ4v) is 1.34. The van der Waals surface area contributed by atoms with E-state index >= 15 is 0 Å². The van der Waals surface area contributed by atoms with Crippen molar-refractivity contribution < 1.29 is 4.74 Å². The molecule has 1 aromatic rings. The summed E-state index contributed by atoms with van der Waals surface area (Å²) in [6.07, 6.45) is 1.02. The van der Waals surface area contributed by atoms with Crippen molar-refractivity contribution in [2.24, 2.45) is 4.99 Å². The number of benzene rings is 1. The largest absolute Gasteiger partial charge is 0.465 e. The minimum atomic E-state index is 0.681. The summed E-state index contributed by atoms with van der Waals surface area (Å²) in [7, 11) is 0. The molecule has 0 saturated carbocycles.